The van der Waals surface area contributed by atoms with Gasteiger partial charge in [0.2, 0.25) is 0 Å². The zero-order valence-electron chi connectivity index (χ0n) is 10.00. The molecule has 1 fully saturated rings. The highest BCUT2D eigenvalue weighted by Gasteiger charge is 2.32. The molecule has 0 amide bonds. The molecule has 0 heterocycles. The number of nitrogens with zero attached hydrogens (tertiary/aromatic N) is 1. The second kappa shape index (κ2) is 5.34. The summed E-state index contributed by atoms with van der Waals surface area (Å²) in [6, 6.07) is 5.32. The van der Waals surface area contributed by atoms with E-state index in [1.54, 1.807) is 12.1 Å². The van der Waals surface area contributed by atoms with Crippen molar-refractivity contribution in [2.24, 2.45) is 5.73 Å². The minimum absolute atomic E-state index is 0.0322. The highest BCUT2D eigenvalue weighted by molar-refractivity contribution is 6.30. The van der Waals surface area contributed by atoms with Gasteiger partial charge in [0.15, 0.2) is 0 Å². The predicted octanol–water partition coefficient (Wildman–Crippen LogP) is 2.96. The molecule has 17 heavy (non-hydrogen) atoms. The Kier molecular flexibility index (Phi) is 4.02. The van der Waals surface area contributed by atoms with Crippen LogP contribution >= 0.6 is 11.6 Å². The van der Waals surface area contributed by atoms with E-state index in [0.29, 0.717) is 23.2 Å². The van der Waals surface area contributed by atoms with Crippen LogP contribution in [0.4, 0.5) is 4.39 Å². The molecule has 94 valence electrons. The average Bonchev–Trinajstić information content (AvgIpc) is 3.12. The lowest BCUT2D eigenvalue weighted by Crippen LogP contribution is -2.34. The first-order valence-corrected chi connectivity index (χ1v) is 6.42. The lowest BCUT2D eigenvalue weighted by Gasteiger charge is -2.29. The van der Waals surface area contributed by atoms with Crippen molar-refractivity contribution in [2.75, 3.05) is 13.1 Å². The van der Waals surface area contributed by atoms with Gasteiger partial charge in [-0.05, 0) is 38.0 Å². The molecule has 0 spiro atoms. The van der Waals surface area contributed by atoms with E-state index in [4.69, 9.17) is 17.3 Å². The zero-order chi connectivity index (χ0) is 12.4. The number of benzene rings is 1. The first-order chi connectivity index (χ1) is 8.13. The maximum atomic E-state index is 13.8. The molecule has 1 saturated carbocycles. The molecule has 0 radical (unpaired) electrons. The van der Waals surface area contributed by atoms with Crippen molar-refractivity contribution >= 4 is 11.6 Å². The zero-order valence-corrected chi connectivity index (χ0v) is 10.8. The minimum atomic E-state index is -0.190. The molecule has 1 aromatic rings. The van der Waals surface area contributed by atoms with Crippen LogP contribution in [0, 0.1) is 5.82 Å². The third-order valence-corrected chi connectivity index (χ3v) is 3.54. The average molecular weight is 257 g/mol. The summed E-state index contributed by atoms with van der Waals surface area (Å²) in [5, 5.41) is 0.580. The van der Waals surface area contributed by atoms with Crippen molar-refractivity contribution in [1.29, 1.82) is 0 Å². The van der Waals surface area contributed by atoms with Gasteiger partial charge >= 0.3 is 0 Å². The van der Waals surface area contributed by atoms with Crippen LogP contribution < -0.4 is 5.73 Å². The summed E-state index contributed by atoms with van der Waals surface area (Å²) in [6.07, 6.45) is 2.37. The summed E-state index contributed by atoms with van der Waals surface area (Å²) in [5.41, 5.74) is 6.28. The van der Waals surface area contributed by atoms with E-state index in [2.05, 4.69) is 4.90 Å². The Morgan fingerprint density at radius 3 is 2.82 bits per heavy atom. The number of hydrogen-bond donors (Lipinski definition) is 1. The van der Waals surface area contributed by atoms with Gasteiger partial charge in [0, 0.05) is 35.8 Å². The number of nitrogens with two attached hydrogens (primary N) is 1. The van der Waals surface area contributed by atoms with Crippen LogP contribution in [-0.2, 0) is 0 Å². The first-order valence-electron chi connectivity index (χ1n) is 6.04. The molecule has 2 N–H and O–H groups in total. The van der Waals surface area contributed by atoms with E-state index in [9.17, 15) is 4.39 Å². The molecular formula is C13H18ClFN2. The highest BCUT2D eigenvalue weighted by Crippen LogP contribution is 2.35. The molecule has 1 aromatic carbocycles. The highest BCUT2D eigenvalue weighted by atomic mass is 35.5. The molecule has 4 heteroatoms. The molecule has 1 aliphatic carbocycles. The SMILES string of the molecule is CC(c1cc(Cl)ccc1F)N(CCN)C1CC1. The molecular weight excluding hydrogens is 239 g/mol. The molecule has 1 unspecified atom stereocenters. The monoisotopic (exact) mass is 256 g/mol. The van der Waals surface area contributed by atoms with E-state index < -0.39 is 0 Å². The first kappa shape index (κ1) is 12.8. The van der Waals surface area contributed by atoms with E-state index in [-0.39, 0.29) is 11.9 Å². The van der Waals surface area contributed by atoms with Crippen molar-refractivity contribution in [2.45, 2.75) is 31.8 Å². The largest absolute Gasteiger partial charge is 0.329 e. The van der Waals surface area contributed by atoms with E-state index >= 15 is 0 Å². The molecule has 2 rings (SSSR count). The lowest BCUT2D eigenvalue weighted by molar-refractivity contribution is 0.202. The Morgan fingerprint density at radius 1 is 1.53 bits per heavy atom. The van der Waals surface area contributed by atoms with Gasteiger partial charge in [0.05, 0.1) is 0 Å². The molecule has 1 aliphatic rings. The fourth-order valence-corrected chi connectivity index (χ4v) is 2.44. The van der Waals surface area contributed by atoms with Gasteiger partial charge in [-0.3, -0.25) is 4.90 Å². The lowest BCUT2D eigenvalue weighted by atomic mass is 10.1. The third-order valence-electron chi connectivity index (χ3n) is 3.31. The van der Waals surface area contributed by atoms with Gasteiger partial charge in [-0.15, -0.1) is 0 Å². The van der Waals surface area contributed by atoms with E-state index in [0.717, 1.165) is 6.54 Å². The van der Waals surface area contributed by atoms with Gasteiger partial charge in [0.1, 0.15) is 5.82 Å². The number of halogens is 2. The summed E-state index contributed by atoms with van der Waals surface area (Å²) in [6.45, 7) is 3.42. The van der Waals surface area contributed by atoms with Crippen LogP contribution in [0.2, 0.25) is 5.02 Å². The van der Waals surface area contributed by atoms with Crippen molar-refractivity contribution < 1.29 is 4.39 Å². The Balaban J connectivity index is 2.21. The fourth-order valence-electron chi connectivity index (χ4n) is 2.26. The summed E-state index contributed by atoms with van der Waals surface area (Å²) < 4.78 is 13.8. The standard InChI is InChI=1S/C13H18ClFN2/c1-9(17(7-6-16)11-3-4-11)12-8-10(14)2-5-13(12)15/h2,5,8-9,11H,3-4,6-7,16H2,1H3. The Hall–Kier alpha value is -0.640. The van der Waals surface area contributed by atoms with Crippen molar-refractivity contribution in [3.8, 4) is 0 Å². The Bertz CT molecular complexity index is 393. The maximum Gasteiger partial charge on any atom is 0.128 e. The van der Waals surface area contributed by atoms with Gasteiger partial charge in [0.25, 0.3) is 0 Å². The van der Waals surface area contributed by atoms with Crippen LogP contribution in [0.1, 0.15) is 31.4 Å². The van der Waals surface area contributed by atoms with Gasteiger partial charge in [-0.1, -0.05) is 11.6 Å². The third kappa shape index (κ3) is 2.97. The van der Waals surface area contributed by atoms with Crippen LogP contribution in [0.25, 0.3) is 0 Å². The summed E-state index contributed by atoms with van der Waals surface area (Å²) in [5.74, 6) is -0.190. The summed E-state index contributed by atoms with van der Waals surface area (Å²) in [7, 11) is 0. The molecule has 0 aromatic heterocycles. The quantitative estimate of drug-likeness (QED) is 0.878. The molecule has 0 saturated heterocycles. The summed E-state index contributed by atoms with van der Waals surface area (Å²) >= 11 is 5.93. The summed E-state index contributed by atoms with van der Waals surface area (Å²) in [4.78, 5) is 2.27. The Labute approximate surface area is 107 Å². The molecule has 1 atom stereocenters. The van der Waals surface area contributed by atoms with Crippen molar-refractivity contribution in [3.05, 3.63) is 34.6 Å². The maximum absolute atomic E-state index is 13.8. The minimum Gasteiger partial charge on any atom is -0.329 e. The smallest absolute Gasteiger partial charge is 0.128 e. The Morgan fingerprint density at radius 2 is 2.24 bits per heavy atom. The van der Waals surface area contributed by atoms with Crippen molar-refractivity contribution in [3.63, 3.8) is 0 Å². The number of rotatable bonds is 5. The van der Waals surface area contributed by atoms with Crippen LogP contribution in [0.3, 0.4) is 0 Å². The van der Waals surface area contributed by atoms with Crippen LogP contribution in [0.15, 0.2) is 18.2 Å². The van der Waals surface area contributed by atoms with Crippen LogP contribution in [-0.4, -0.2) is 24.0 Å². The molecule has 0 aliphatic heterocycles. The second-order valence-electron chi connectivity index (χ2n) is 4.60. The topological polar surface area (TPSA) is 29.3 Å². The van der Waals surface area contributed by atoms with Gasteiger partial charge in [-0.25, -0.2) is 4.39 Å². The van der Waals surface area contributed by atoms with Gasteiger partial charge in [-0.2, -0.15) is 0 Å². The van der Waals surface area contributed by atoms with Gasteiger partial charge < -0.3 is 5.73 Å². The normalized spacial score (nSPS) is 17.5. The predicted molar refractivity (Wildman–Crippen MR) is 68.6 cm³/mol. The van der Waals surface area contributed by atoms with Crippen LogP contribution in [0.5, 0.6) is 0 Å². The van der Waals surface area contributed by atoms with Crippen molar-refractivity contribution in [1.82, 2.24) is 4.90 Å². The van der Waals surface area contributed by atoms with E-state index in [1.165, 1.54) is 18.9 Å². The molecule has 0 bridgehead atoms. The molecule has 2 nitrogen and oxygen atoms in total. The fraction of sp³-hybridized carbons (Fsp3) is 0.538. The number of hydrogen-bond acceptors (Lipinski definition) is 2. The second-order valence-corrected chi connectivity index (χ2v) is 5.04. The van der Waals surface area contributed by atoms with E-state index in [1.807, 2.05) is 6.92 Å².